The van der Waals surface area contributed by atoms with Crippen LogP contribution in [0.4, 0.5) is 0 Å². The van der Waals surface area contributed by atoms with Gasteiger partial charge >= 0.3 is 0 Å². The molecule has 5 heterocycles. The summed E-state index contributed by atoms with van der Waals surface area (Å²) in [6.45, 7) is 0. The Balaban J connectivity index is 0.0000000995. The molecule has 0 saturated carbocycles. The second-order valence-corrected chi connectivity index (χ2v) is 23.3. The number of hydrogen-bond acceptors (Lipinski definition) is 7. The van der Waals surface area contributed by atoms with Gasteiger partial charge in [0.05, 0.1) is 16.9 Å². The zero-order valence-electron chi connectivity index (χ0n) is 51.0. The highest BCUT2D eigenvalue weighted by atomic mass is 15.0. The van der Waals surface area contributed by atoms with Gasteiger partial charge in [0.15, 0.2) is 5.82 Å². The first-order valence-electron chi connectivity index (χ1n) is 31.4. The quantitative estimate of drug-likeness (QED) is 0.159. The Kier molecular flexibility index (Phi) is 15.2. The Labute approximate surface area is 542 Å². The molecule has 0 N–H and O–H groups in total. The van der Waals surface area contributed by atoms with Crippen molar-refractivity contribution >= 4 is 108 Å². The lowest BCUT2D eigenvalue weighted by Crippen LogP contribution is -1.89. The van der Waals surface area contributed by atoms with Crippen LogP contribution in [0.3, 0.4) is 0 Å². The molecule has 0 aliphatic heterocycles. The molecule has 7 heteroatoms. The van der Waals surface area contributed by atoms with Gasteiger partial charge in [-0.05, 0) is 181 Å². The first-order valence-corrected chi connectivity index (χ1v) is 31.4. The molecule has 0 bridgehead atoms. The highest BCUT2D eigenvalue weighted by molar-refractivity contribution is 6.12. The van der Waals surface area contributed by atoms with Crippen LogP contribution in [-0.2, 0) is 0 Å². The molecule has 0 spiro atoms. The smallest absolute Gasteiger partial charge is 0.162 e. The third kappa shape index (κ3) is 11.4. The van der Waals surface area contributed by atoms with Crippen LogP contribution in [-0.4, -0.2) is 34.9 Å². The van der Waals surface area contributed by atoms with Crippen LogP contribution in [0.5, 0.6) is 0 Å². The van der Waals surface area contributed by atoms with E-state index < -0.39 is 0 Å². The molecule has 0 saturated heterocycles. The standard InChI is InChI=1S/C24H16N2.2C23H15N.C17H11N3/c1-3-13-25-23(5-1)19-9-11-21-17(15-19)7-8-18-16-20(10-12-22(18)21)24-6-2-4-14-26-24;1-2-8-20-16(5-1)10-11-18-15-19(12-13-21(18)20)22-9-3-6-17-7-4-14-24-23(17)22;1-2-4-22-16(3-1)5-7-20-14-18(9-10-23(20)22)17-6-8-21-15-24-12-11-19(21)13-17;1-2-4-15-12(3-1)5-6-13-9-14(7-8-16(13)15)17-19-10-18-11-20-17/h1-16H;2*1-15H;1-11H. The number of para-hydroxylation sites is 1. The van der Waals surface area contributed by atoms with Crippen molar-refractivity contribution in [2.45, 2.75) is 0 Å². The van der Waals surface area contributed by atoms with E-state index in [9.17, 15) is 0 Å². The third-order valence-corrected chi connectivity index (χ3v) is 17.7. The van der Waals surface area contributed by atoms with Gasteiger partial charge in [-0.2, -0.15) is 0 Å². The summed E-state index contributed by atoms with van der Waals surface area (Å²) in [6.07, 6.45) is 12.3. The van der Waals surface area contributed by atoms with Crippen molar-refractivity contribution in [2.24, 2.45) is 0 Å². The van der Waals surface area contributed by atoms with Crippen molar-refractivity contribution in [3.8, 4) is 56.2 Å². The molecule has 0 unspecified atom stereocenters. The summed E-state index contributed by atoms with van der Waals surface area (Å²) < 4.78 is 0. The van der Waals surface area contributed by atoms with Gasteiger partial charge in [0.2, 0.25) is 0 Å². The zero-order chi connectivity index (χ0) is 62.6. The summed E-state index contributed by atoms with van der Waals surface area (Å²) in [5, 5.41) is 23.9. The van der Waals surface area contributed by atoms with Crippen molar-refractivity contribution in [3.63, 3.8) is 0 Å². The molecule has 0 aliphatic rings. The monoisotopic (exact) mass is 1200 g/mol. The summed E-state index contributed by atoms with van der Waals surface area (Å²) in [7, 11) is 0. The number of benzene rings is 14. The van der Waals surface area contributed by atoms with Gasteiger partial charge < -0.3 is 0 Å². The summed E-state index contributed by atoms with van der Waals surface area (Å²) in [5.41, 5.74) is 11.2. The Hall–Kier alpha value is -12.7. The van der Waals surface area contributed by atoms with E-state index in [1.165, 1.54) is 137 Å². The predicted molar refractivity (Wildman–Crippen MR) is 393 cm³/mol. The minimum Gasteiger partial charge on any atom is -0.264 e. The molecule has 0 amide bonds. The van der Waals surface area contributed by atoms with Crippen LogP contribution in [0.1, 0.15) is 0 Å². The molecule has 0 radical (unpaired) electrons. The van der Waals surface area contributed by atoms with Crippen molar-refractivity contribution in [2.75, 3.05) is 0 Å². The van der Waals surface area contributed by atoms with Crippen molar-refractivity contribution in [1.82, 2.24) is 34.9 Å². The fraction of sp³-hybridized carbons (Fsp3) is 0. The summed E-state index contributed by atoms with van der Waals surface area (Å²) in [5.74, 6) is 0.704. The number of fused-ring (bicyclic) bond motifs is 14. The Bertz CT molecular complexity index is 5890. The average Bonchev–Trinajstić information content (AvgIpc) is 0.857. The van der Waals surface area contributed by atoms with E-state index in [1.54, 1.807) is 0 Å². The van der Waals surface area contributed by atoms with Crippen LogP contribution in [0.15, 0.2) is 347 Å². The van der Waals surface area contributed by atoms with Crippen LogP contribution in [0, 0.1) is 0 Å². The summed E-state index contributed by atoms with van der Waals surface area (Å²) in [6, 6.07) is 107. The van der Waals surface area contributed by atoms with Gasteiger partial charge in [-0.1, -0.05) is 231 Å². The van der Waals surface area contributed by atoms with Gasteiger partial charge in [-0.3, -0.25) is 19.9 Å². The molecule has 0 atom stereocenters. The van der Waals surface area contributed by atoms with Crippen molar-refractivity contribution < 1.29 is 0 Å². The first-order chi connectivity index (χ1) is 46.6. The fourth-order valence-electron chi connectivity index (χ4n) is 13.0. The topological polar surface area (TPSA) is 90.2 Å². The highest BCUT2D eigenvalue weighted by Gasteiger charge is 2.11. The fourth-order valence-corrected chi connectivity index (χ4v) is 13.0. The van der Waals surface area contributed by atoms with E-state index in [4.69, 9.17) is 0 Å². The molecular weight excluding hydrogens is 1140 g/mol. The van der Waals surface area contributed by atoms with E-state index in [0.717, 1.165) is 33.6 Å². The molecule has 5 aromatic heterocycles. The van der Waals surface area contributed by atoms with E-state index in [1.807, 2.05) is 73.4 Å². The van der Waals surface area contributed by atoms with E-state index in [0.29, 0.717) is 5.82 Å². The predicted octanol–water partition coefficient (Wildman–Crippen LogP) is 22.4. The summed E-state index contributed by atoms with van der Waals surface area (Å²) >= 11 is 0. The molecular formula is C87H57N7. The molecule has 0 fully saturated rings. The number of hydrogen-bond donors (Lipinski definition) is 0. The summed E-state index contributed by atoms with van der Waals surface area (Å²) in [4.78, 5) is 29.9. The molecule has 19 aromatic rings. The van der Waals surface area contributed by atoms with Gasteiger partial charge in [-0.15, -0.1) is 0 Å². The minimum absolute atomic E-state index is 0.704. The first kappa shape index (κ1) is 56.5. The second kappa shape index (κ2) is 25.3. The number of aromatic nitrogens is 7. The molecule has 14 aromatic carbocycles. The molecule has 7 nitrogen and oxygen atoms in total. The SMILES string of the molecule is c1ccc(-c2ccc3c(ccc4cc(-c5ccccn5)ccc43)c2)nc1.c1ccc2c(c1)ccc1cc(-c3ccc4cnccc4c3)ccc12.c1ccc2c(c1)ccc1cc(-c3ncncn3)ccc12.c1cnc2c(-c3ccc4c(ccc5ccccc54)c3)cccc2c1. The number of pyridine rings is 4. The number of rotatable bonds is 5. The molecule has 0 aliphatic carbocycles. The third-order valence-electron chi connectivity index (χ3n) is 17.7. The van der Waals surface area contributed by atoms with Gasteiger partial charge in [-0.25, -0.2) is 15.0 Å². The average molecular weight is 1200 g/mol. The number of nitrogens with zero attached hydrogens (tertiary/aromatic N) is 7. The lowest BCUT2D eigenvalue weighted by atomic mass is 9.96. The Morgan fingerprint density at radius 1 is 0.191 bits per heavy atom. The Morgan fingerprint density at radius 3 is 1.11 bits per heavy atom. The normalized spacial score (nSPS) is 11.2. The largest absolute Gasteiger partial charge is 0.264 e. The van der Waals surface area contributed by atoms with E-state index in [2.05, 4.69) is 296 Å². The van der Waals surface area contributed by atoms with Crippen LogP contribution < -0.4 is 0 Å². The van der Waals surface area contributed by atoms with Gasteiger partial charge in [0.1, 0.15) is 12.7 Å². The lowest BCUT2D eigenvalue weighted by Gasteiger charge is -2.09. The van der Waals surface area contributed by atoms with Crippen molar-refractivity contribution in [1.29, 1.82) is 0 Å². The van der Waals surface area contributed by atoms with Gasteiger partial charge in [0.25, 0.3) is 0 Å². The highest BCUT2D eigenvalue weighted by Crippen LogP contribution is 2.36. The van der Waals surface area contributed by atoms with Gasteiger partial charge in [0, 0.05) is 64.0 Å². The van der Waals surface area contributed by atoms with Crippen LogP contribution in [0.2, 0.25) is 0 Å². The van der Waals surface area contributed by atoms with E-state index in [-0.39, 0.29) is 0 Å². The maximum absolute atomic E-state index is 4.59. The van der Waals surface area contributed by atoms with Crippen molar-refractivity contribution in [3.05, 3.63) is 347 Å². The van der Waals surface area contributed by atoms with Crippen LogP contribution in [0.25, 0.3) is 164 Å². The maximum Gasteiger partial charge on any atom is 0.162 e. The molecule has 94 heavy (non-hydrogen) atoms. The minimum atomic E-state index is 0.704. The van der Waals surface area contributed by atoms with E-state index >= 15 is 0 Å². The maximum atomic E-state index is 4.59. The lowest BCUT2D eigenvalue weighted by molar-refractivity contribution is 1.06. The zero-order valence-corrected chi connectivity index (χ0v) is 51.0. The Morgan fingerprint density at radius 2 is 0.574 bits per heavy atom. The second-order valence-electron chi connectivity index (χ2n) is 23.3. The molecule has 440 valence electrons. The molecule has 19 rings (SSSR count). The van der Waals surface area contributed by atoms with Crippen LogP contribution >= 0.6 is 0 Å².